The number of rotatable bonds is 5. The first-order valence-corrected chi connectivity index (χ1v) is 7.26. The van der Waals surface area contributed by atoms with E-state index in [1.807, 2.05) is 6.07 Å². The number of carboxylic acid groups (broad SMARTS) is 1. The van der Waals surface area contributed by atoms with Crippen LogP contribution in [0.3, 0.4) is 0 Å². The summed E-state index contributed by atoms with van der Waals surface area (Å²) >= 11 is 6.21. The van der Waals surface area contributed by atoms with Crippen molar-refractivity contribution in [2.75, 3.05) is 24.6 Å². The van der Waals surface area contributed by atoms with Crippen LogP contribution in [-0.2, 0) is 9.53 Å². The fraction of sp³-hybridized carbons (Fsp3) is 0.467. The molecule has 5 nitrogen and oxygen atoms in total. The van der Waals surface area contributed by atoms with E-state index >= 15 is 0 Å². The standard InChI is InChI=1S/C15H17ClN2O3/c16-13-9-11(10-17)1-2-14(13)18-6-3-12(4-7-18)21-8-5-15(19)20/h1-2,9,12H,3-8H2,(H,19,20). The van der Waals surface area contributed by atoms with Crippen molar-refractivity contribution in [2.45, 2.75) is 25.4 Å². The third-order valence-electron chi connectivity index (χ3n) is 3.53. The Bertz CT molecular complexity index is 548. The Balaban J connectivity index is 1.86. The summed E-state index contributed by atoms with van der Waals surface area (Å²) in [5, 5.41) is 18.0. The van der Waals surface area contributed by atoms with Crippen LogP contribution in [0, 0.1) is 11.3 Å². The van der Waals surface area contributed by atoms with Crippen LogP contribution in [-0.4, -0.2) is 36.9 Å². The van der Waals surface area contributed by atoms with Crippen LogP contribution in [0.1, 0.15) is 24.8 Å². The average molecular weight is 309 g/mol. The number of hydrogen-bond acceptors (Lipinski definition) is 4. The molecule has 1 fully saturated rings. The molecule has 1 aromatic rings. The summed E-state index contributed by atoms with van der Waals surface area (Å²) < 4.78 is 5.56. The maximum absolute atomic E-state index is 10.4. The van der Waals surface area contributed by atoms with Crippen molar-refractivity contribution >= 4 is 23.3 Å². The van der Waals surface area contributed by atoms with Gasteiger partial charge in [0.2, 0.25) is 0 Å². The Morgan fingerprint density at radius 1 is 1.48 bits per heavy atom. The van der Waals surface area contributed by atoms with Gasteiger partial charge >= 0.3 is 5.97 Å². The number of carboxylic acids is 1. The van der Waals surface area contributed by atoms with Gasteiger partial charge in [0.05, 0.1) is 41.5 Å². The number of benzene rings is 1. The van der Waals surface area contributed by atoms with E-state index in [4.69, 9.17) is 26.7 Å². The number of ether oxygens (including phenoxy) is 1. The third kappa shape index (κ3) is 4.35. The van der Waals surface area contributed by atoms with Crippen LogP contribution < -0.4 is 4.90 Å². The molecule has 0 aliphatic carbocycles. The van der Waals surface area contributed by atoms with Gasteiger partial charge in [-0.25, -0.2) is 0 Å². The predicted molar refractivity (Wildman–Crippen MR) is 79.6 cm³/mol. The van der Waals surface area contributed by atoms with E-state index < -0.39 is 5.97 Å². The highest BCUT2D eigenvalue weighted by Crippen LogP contribution is 2.29. The Kier molecular flexibility index (Phi) is 5.43. The molecule has 1 N–H and O–H groups in total. The summed E-state index contributed by atoms with van der Waals surface area (Å²) in [5.74, 6) is -0.836. The zero-order chi connectivity index (χ0) is 15.2. The molecule has 0 amide bonds. The van der Waals surface area contributed by atoms with Crippen molar-refractivity contribution in [3.8, 4) is 6.07 Å². The van der Waals surface area contributed by atoms with Gasteiger partial charge in [0.1, 0.15) is 0 Å². The summed E-state index contributed by atoms with van der Waals surface area (Å²) in [7, 11) is 0. The lowest BCUT2D eigenvalue weighted by Gasteiger charge is -2.34. The molecule has 0 bridgehead atoms. The van der Waals surface area contributed by atoms with Crippen molar-refractivity contribution in [1.29, 1.82) is 5.26 Å². The zero-order valence-corrected chi connectivity index (χ0v) is 12.3. The van der Waals surface area contributed by atoms with Crippen molar-refractivity contribution in [1.82, 2.24) is 0 Å². The van der Waals surface area contributed by atoms with E-state index in [2.05, 4.69) is 11.0 Å². The van der Waals surface area contributed by atoms with Crippen LogP contribution in [0.5, 0.6) is 0 Å². The third-order valence-corrected chi connectivity index (χ3v) is 3.83. The maximum Gasteiger partial charge on any atom is 0.305 e. The first kappa shape index (κ1) is 15.6. The summed E-state index contributed by atoms with van der Waals surface area (Å²) in [4.78, 5) is 12.6. The Morgan fingerprint density at radius 2 is 2.19 bits per heavy atom. The van der Waals surface area contributed by atoms with Crippen LogP contribution in [0.2, 0.25) is 5.02 Å². The second-order valence-corrected chi connectivity index (χ2v) is 5.39. The fourth-order valence-electron chi connectivity index (χ4n) is 2.41. The fourth-order valence-corrected chi connectivity index (χ4v) is 2.71. The van der Waals surface area contributed by atoms with Gasteiger partial charge in [-0.05, 0) is 31.0 Å². The second kappa shape index (κ2) is 7.30. The van der Waals surface area contributed by atoms with E-state index in [-0.39, 0.29) is 19.1 Å². The van der Waals surface area contributed by atoms with Gasteiger partial charge in [-0.1, -0.05) is 11.6 Å². The minimum absolute atomic E-state index is 0.0433. The molecule has 2 rings (SSSR count). The number of piperidine rings is 1. The SMILES string of the molecule is N#Cc1ccc(N2CCC(OCCC(=O)O)CC2)c(Cl)c1. The molecule has 6 heteroatoms. The summed E-state index contributed by atoms with van der Waals surface area (Å²) in [6, 6.07) is 7.37. The number of nitriles is 1. The van der Waals surface area contributed by atoms with Gasteiger partial charge in [-0.2, -0.15) is 5.26 Å². The molecule has 0 radical (unpaired) electrons. The highest BCUT2D eigenvalue weighted by molar-refractivity contribution is 6.33. The van der Waals surface area contributed by atoms with Crippen molar-refractivity contribution < 1.29 is 14.6 Å². The molecule has 1 aliphatic rings. The molecule has 0 spiro atoms. The Labute approximate surface area is 128 Å². The van der Waals surface area contributed by atoms with Crippen LogP contribution >= 0.6 is 11.6 Å². The maximum atomic E-state index is 10.4. The van der Waals surface area contributed by atoms with E-state index in [9.17, 15) is 4.79 Å². The monoisotopic (exact) mass is 308 g/mol. The highest BCUT2D eigenvalue weighted by atomic mass is 35.5. The van der Waals surface area contributed by atoms with Crippen molar-refractivity contribution in [3.63, 3.8) is 0 Å². The first-order valence-electron chi connectivity index (χ1n) is 6.88. The van der Waals surface area contributed by atoms with Gasteiger partial charge < -0.3 is 14.7 Å². The zero-order valence-electron chi connectivity index (χ0n) is 11.6. The van der Waals surface area contributed by atoms with Gasteiger partial charge in [0.15, 0.2) is 0 Å². The van der Waals surface area contributed by atoms with Gasteiger partial charge in [0.25, 0.3) is 0 Å². The molecule has 1 aliphatic heterocycles. The molecule has 1 aromatic carbocycles. The van der Waals surface area contributed by atoms with Gasteiger partial charge in [-0.15, -0.1) is 0 Å². The average Bonchev–Trinajstić information content (AvgIpc) is 2.47. The normalized spacial score (nSPS) is 15.7. The number of nitrogens with zero attached hydrogens (tertiary/aromatic N) is 2. The minimum Gasteiger partial charge on any atom is -0.481 e. The second-order valence-electron chi connectivity index (χ2n) is 4.98. The quantitative estimate of drug-likeness (QED) is 0.905. The molecule has 0 unspecified atom stereocenters. The number of hydrogen-bond donors (Lipinski definition) is 1. The van der Waals surface area contributed by atoms with E-state index in [1.54, 1.807) is 12.1 Å². The summed E-state index contributed by atoms with van der Waals surface area (Å²) in [6.07, 6.45) is 1.84. The lowest BCUT2D eigenvalue weighted by Crippen LogP contribution is -2.37. The van der Waals surface area contributed by atoms with Gasteiger partial charge in [-0.3, -0.25) is 4.79 Å². The Hall–Kier alpha value is -1.77. The molecule has 1 saturated heterocycles. The Morgan fingerprint density at radius 3 is 2.76 bits per heavy atom. The van der Waals surface area contributed by atoms with E-state index in [0.717, 1.165) is 31.6 Å². The number of halogens is 1. The van der Waals surface area contributed by atoms with Gasteiger partial charge in [0, 0.05) is 13.1 Å². The van der Waals surface area contributed by atoms with Crippen LogP contribution in [0.15, 0.2) is 18.2 Å². The molecule has 0 saturated carbocycles. The minimum atomic E-state index is -0.836. The van der Waals surface area contributed by atoms with Crippen molar-refractivity contribution in [2.24, 2.45) is 0 Å². The largest absolute Gasteiger partial charge is 0.481 e. The molecule has 112 valence electrons. The topological polar surface area (TPSA) is 73.6 Å². The smallest absolute Gasteiger partial charge is 0.305 e. The number of carbonyl (C=O) groups is 1. The molecule has 0 aromatic heterocycles. The van der Waals surface area contributed by atoms with Crippen LogP contribution in [0.4, 0.5) is 5.69 Å². The van der Waals surface area contributed by atoms with E-state index in [1.165, 1.54) is 0 Å². The lowest BCUT2D eigenvalue weighted by atomic mass is 10.1. The predicted octanol–water partition coefficient (Wildman–Crippen LogP) is 2.67. The van der Waals surface area contributed by atoms with E-state index in [0.29, 0.717) is 10.6 Å². The summed E-state index contributed by atoms with van der Waals surface area (Å²) in [6.45, 7) is 1.88. The number of aliphatic carboxylic acids is 1. The lowest BCUT2D eigenvalue weighted by molar-refractivity contribution is -0.138. The highest BCUT2D eigenvalue weighted by Gasteiger charge is 2.21. The van der Waals surface area contributed by atoms with Crippen LogP contribution in [0.25, 0.3) is 0 Å². The molecule has 21 heavy (non-hydrogen) atoms. The first-order chi connectivity index (χ1) is 10.1. The molecule has 1 heterocycles. The molecular weight excluding hydrogens is 292 g/mol. The summed E-state index contributed by atoms with van der Waals surface area (Å²) in [5.41, 5.74) is 1.48. The van der Waals surface area contributed by atoms with Crippen molar-refractivity contribution in [3.05, 3.63) is 28.8 Å². The molecule has 0 atom stereocenters. The molecular formula is C15H17ClN2O3. The number of anilines is 1.